The zero-order valence-electron chi connectivity index (χ0n) is 12.6. The molecule has 2 amide bonds. The molecule has 1 rings (SSSR count). The van der Waals surface area contributed by atoms with Crippen LogP contribution in [-0.4, -0.2) is 50.4 Å². The van der Waals surface area contributed by atoms with Crippen LogP contribution in [0, 0.1) is 11.3 Å². The van der Waals surface area contributed by atoms with Gasteiger partial charge < -0.3 is 15.1 Å². The molecule has 1 N–H and O–H groups in total. The lowest BCUT2D eigenvalue weighted by Crippen LogP contribution is -2.41. The molecule has 0 saturated heterocycles. The minimum absolute atomic E-state index is 0.0331. The molecular weight excluding hydrogens is 268 g/mol. The maximum Gasteiger partial charge on any atom is 0.240 e. The van der Waals surface area contributed by atoms with Crippen LogP contribution in [0.5, 0.6) is 0 Å². The Bertz CT molecular complexity index is 532. The summed E-state index contributed by atoms with van der Waals surface area (Å²) in [5, 5.41) is 11.5. The molecule has 0 bridgehead atoms. The number of amides is 2. The van der Waals surface area contributed by atoms with Crippen molar-refractivity contribution in [2.45, 2.75) is 6.92 Å². The molecule has 0 aromatic heterocycles. The maximum atomic E-state index is 11.9. The number of carbonyl (C=O) groups excluding carboxylic acids is 2. The van der Waals surface area contributed by atoms with Crippen molar-refractivity contribution in [2.75, 3.05) is 38.6 Å². The Kier molecular flexibility index (Phi) is 6.37. The van der Waals surface area contributed by atoms with Crippen LogP contribution in [0.25, 0.3) is 0 Å². The lowest BCUT2D eigenvalue weighted by molar-refractivity contribution is -0.123. The monoisotopic (exact) mass is 288 g/mol. The molecule has 0 aliphatic heterocycles. The third-order valence-corrected chi connectivity index (χ3v) is 2.87. The summed E-state index contributed by atoms with van der Waals surface area (Å²) in [5.74, 6) is -0.432. The topological polar surface area (TPSA) is 76.4 Å². The van der Waals surface area contributed by atoms with Crippen molar-refractivity contribution < 1.29 is 9.59 Å². The summed E-state index contributed by atoms with van der Waals surface area (Å²) in [7, 11) is 3.84. The molecule has 0 aliphatic rings. The molecule has 0 fully saturated rings. The SMILES string of the molecule is CC(=O)N(CC(=O)NCCN(C)C)c1ccc(C#N)cc1. The molecule has 0 atom stereocenters. The van der Waals surface area contributed by atoms with Gasteiger partial charge >= 0.3 is 0 Å². The van der Waals surface area contributed by atoms with Crippen molar-refractivity contribution in [2.24, 2.45) is 0 Å². The summed E-state index contributed by atoms with van der Waals surface area (Å²) in [6.07, 6.45) is 0. The summed E-state index contributed by atoms with van der Waals surface area (Å²) in [5.41, 5.74) is 1.11. The number of carbonyl (C=O) groups is 2. The second kappa shape index (κ2) is 8.02. The first kappa shape index (κ1) is 16.7. The molecule has 1 aromatic carbocycles. The van der Waals surface area contributed by atoms with Crippen LogP contribution in [0.4, 0.5) is 5.69 Å². The van der Waals surface area contributed by atoms with E-state index in [1.54, 1.807) is 24.3 Å². The van der Waals surface area contributed by atoms with E-state index in [1.165, 1.54) is 11.8 Å². The Morgan fingerprint density at radius 1 is 1.24 bits per heavy atom. The van der Waals surface area contributed by atoms with Crippen LogP contribution in [-0.2, 0) is 9.59 Å². The standard InChI is InChI=1S/C15H20N4O2/c1-12(20)19(11-15(21)17-8-9-18(2)3)14-6-4-13(10-16)5-7-14/h4-7H,8-9,11H2,1-3H3,(H,17,21). The van der Waals surface area contributed by atoms with Gasteiger partial charge in [-0.1, -0.05) is 0 Å². The third kappa shape index (κ3) is 5.63. The molecular formula is C15H20N4O2. The Morgan fingerprint density at radius 3 is 2.33 bits per heavy atom. The summed E-state index contributed by atoms with van der Waals surface area (Å²) >= 11 is 0. The maximum absolute atomic E-state index is 11.9. The Labute approximate surface area is 125 Å². The van der Waals surface area contributed by atoms with Gasteiger partial charge in [0.1, 0.15) is 6.54 Å². The molecule has 0 radical (unpaired) electrons. The summed E-state index contributed by atoms with van der Waals surface area (Å²) in [6.45, 7) is 2.65. The summed E-state index contributed by atoms with van der Waals surface area (Å²) in [4.78, 5) is 26.9. The van der Waals surface area contributed by atoms with Crippen molar-refractivity contribution in [1.82, 2.24) is 10.2 Å². The lowest BCUT2D eigenvalue weighted by atomic mass is 10.2. The minimum atomic E-state index is -0.220. The second-order valence-corrected chi connectivity index (χ2v) is 4.92. The quantitative estimate of drug-likeness (QED) is 0.831. The first-order chi connectivity index (χ1) is 9.93. The van der Waals surface area contributed by atoms with Gasteiger partial charge in [-0.15, -0.1) is 0 Å². The molecule has 6 heteroatoms. The highest BCUT2D eigenvalue weighted by molar-refractivity contribution is 5.97. The number of nitrogens with zero attached hydrogens (tertiary/aromatic N) is 3. The Hall–Kier alpha value is -2.39. The molecule has 0 unspecified atom stereocenters. The first-order valence-electron chi connectivity index (χ1n) is 6.63. The van der Waals surface area contributed by atoms with Crippen LogP contribution < -0.4 is 10.2 Å². The minimum Gasteiger partial charge on any atom is -0.353 e. The van der Waals surface area contributed by atoms with Gasteiger partial charge in [-0.3, -0.25) is 9.59 Å². The lowest BCUT2D eigenvalue weighted by Gasteiger charge is -2.21. The average Bonchev–Trinajstić information content (AvgIpc) is 2.44. The Morgan fingerprint density at radius 2 is 1.86 bits per heavy atom. The fourth-order valence-electron chi connectivity index (χ4n) is 1.72. The molecule has 0 spiro atoms. The van der Waals surface area contributed by atoms with Crippen molar-refractivity contribution in [1.29, 1.82) is 5.26 Å². The van der Waals surface area contributed by atoms with E-state index in [4.69, 9.17) is 5.26 Å². The van der Waals surface area contributed by atoms with E-state index in [2.05, 4.69) is 5.32 Å². The number of likely N-dealkylation sites (N-methyl/N-ethyl adjacent to an activating group) is 1. The highest BCUT2D eigenvalue weighted by atomic mass is 16.2. The van der Waals surface area contributed by atoms with Crippen LogP contribution >= 0.6 is 0 Å². The van der Waals surface area contributed by atoms with E-state index in [0.29, 0.717) is 17.8 Å². The fourth-order valence-corrected chi connectivity index (χ4v) is 1.72. The van der Waals surface area contributed by atoms with E-state index in [-0.39, 0.29) is 18.4 Å². The third-order valence-electron chi connectivity index (χ3n) is 2.87. The second-order valence-electron chi connectivity index (χ2n) is 4.92. The van der Waals surface area contributed by atoms with Gasteiger partial charge in [0.15, 0.2) is 0 Å². The highest BCUT2D eigenvalue weighted by Gasteiger charge is 2.15. The summed E-state index contributed by atoms with van der Waals surface area (Å²) < 4.78 is 0. The smallest absolute Gasteiger partial charge is 0.240 e. The number of hydrogen-bond acceptors (Lipinski definition) is 4. The fraction of sp³-hybridized carbons (Fsp3) is 0.400. The largest absolute Gasteiger partial charge is 0.353 e. The van der Waals surface area contributed by atoms with Crippen LogP contribution in [0.15, 0.2) is 24.3 Å². The predicted octanol–water partition coefficient (Wildman–Crippen LogP) is 0.589. The zero-order chi connectivity index (χ0) is 15.8. The van der Waals surface area contributed by atoms with Gasteiger partial charge in [0.2, 0.25) is 11.8 Å². The highest BCUT2D eigenvalue weighted by Crippen LogP contribution is 2.15. The van der Waals surface area contributed by atoms with Crippen molar-refractivity contribution in [3.05, 3.63) is 29.8 Å². The molecule has 112 valence electrons. The first-order valence-corrected chi connectivity index (χ1v) is 6.63. The number of hydrogen-bond donors (Lipinski definition) is 1. The molecule has 1 aromatic rings. The van der Waals surface area contributed by atoms with Gasteiger partial charge in [0, 0.05) is 25.7 Å². The van der Waals surface area contributed by atoms with Gasteiger partial charge in [-0.05, 0) is 38.4 Å². The van der Waals surface area contributed by atoms with E-state index in [0.717, 1.165) is 6.54 Å². The average molecular weight is 288 g/mol. The van der Waals surface area contributed by atoms with Gasteiger partial charge in [0.25, 0.3) is 0 Å². The number of benzene rings is 1. The number of rotatable bonds is 6. The predicted molar refractivity (Wildman–Crippen MR) is 80.7 cm³/mol. The molecule has 0 aliphatic carbocycles. The van der Waals surface area contributed by atoms with E-state index in [9.17, 15) is 9.59 Å². The number of anilines is 1. The van der Waals surface area contributed by atoms with E-state index in [1.807, 2.05) is 25.1 Å². The van der Waals surface area contributed by atoms with Crippen molar-refractivity contribution >= 4 is 17.5 Å². The van der Waals surface area contributed by atoms with Crippen LogP contribution in [0.2, 0.25) is 0 Å². The molecule has 6 nitrogen and oxygen atoms in total. The van der Waals surface area contributed by atoms with Gasteiger partial charge in [0.05, 0.1) is 11.6 Å². The Balaban J connectivity index is 2.67. The van der Waals surface area contributed by atoms with Gasteiger partial charge in [-0.25, -0.2) is 0 Å². The normalized spacial score (nSPS) is 10.0. The van der Waals surface area contributed by atoms with Crippen LogP contribution in [0.1, 0.15) is 12.5 Å². The van der Waals surface area contributed by atoms with Gasteiger partial charge in [-0.2, -0.15) is 5.26 Å². The zero-order valence-corrected chi connectivity index (χ0v) is 12.6. The van der Waals surface area contributed by atoms with Crippen molar-refractivity contribution in [3.8, 4) is 6.07 Å². The number of nitriles is 1. The molecule has 21 heavy (non-hydrogen) atoms. The van der Waals surface area contributed by atoms with E-state index >= 15 is 0 Å². The summed E-state index contributed by atoms with van der Waals surface area (Å²) in [6, 6.07) is 8.57. The van der Waals surface area contributed by atoms with E-state index < -0.39 is 0 Å². The number of nitrogens with one attached hydrogen (secondary N) is 1. The molecule has 0 saturated carbocycles. The molecule has 0 heterocycles. The van der Waals surface area contributed by atoms with Crippen molar-refractivity contribution in [3.63, 3.8) is 0 Å². The van der Waals surface area contributed by atoms with Crippen LogP contribution in [0.3, 0.4) is 0 Å².